The number of rotatable bonds is 7. The highest BCUT2D eigenvalue weighted by atomic mass is 14.5. The molecule has 1 rings (SSSR count). The standard InChI is InChI=1S/C15H25N/c1-13-9-10-15(14(2)12-13)8-6-4-3-5-7-11-16/h9-10,12H,3-8,11,16H2,1-2H3. The van der Waals surface area contributed by atoms with Gasteiger partial charge in [-0.1, -0.05) is 43.0 Å². The average molecular weight is 219 g/mol. The molecular formula is C15H25N. The Balaban J connectivity index is 2.21. The van der Waals surface area contributed by atoms with Crippen LogP contribution in [0, 0.1) is 13.8 Å². The van der Waals surface area contributed by atoms with Crippen molar-refractivity contribution in [1.82, 2.24) is 0 Å². The zero-order chi connectivity index (χ0) is 11.8. The van der Waals surface area contributed by atoms with Crippen LogP contribution in [0.3, 0.4) is 0 Å². The maximum atomic E-state index is 5.47. The maximum Gasteiger partial charge on any atom is -0.00773 e. The molecular weight excluding hydrogens is 194 g/mol. The largest absolute Gasteiger partial charge is 0.330 e. The molecule has 0 unspecified atom stereocenters. The Morgan fingerprint density at radius 3 is 2.31 bits per heavy atom. The molecule has 0 saturated carbocycles. The van der Waals surface area contributed by atoms with E-state index in [1.165, 1.54) is 55.2 Å². The third-order valence-corrected chi connectivity index (χ3v) is 3.15. The minimum Gasteiger partial charge on any atom is -0.330 e. The molecule has 0 heterocycles. The number of unbranched alkanes of at least 4 members (excludes halogenated alkanes) is 4. The van der Waals surface area contributed by atoms with Gasteiger partial charge in [0.25, 0.3) is 0 Å². The quantitative estimate of drug-likeness (QED) is 0.694. The molecule has 0 aliphatic rings. The van der Waals surface area contributed by atoms with E-state index in [4.69, 9.17) is 5.73 Å². The Hall–Kier alpha value is -0.820. The second kappa shape index (κ2) is 7.45. The van der Waals surface area contributed by atoms with Crippen molar-refractivity contribution in [3.8, 4) is 0 Å². The van der Waals surface area contributed by atoms with Gasteiger partial charge in [-0.25, -0.2) is 0 Å². The van der Waals surface area contributed by atoms with Gasteiger partial charge in [0.05, 0.1) is 0 Å². The molecule has 0 aliphatic carbocycles. The molecule has 0 spiro atoms. The third-order valence-electron chi connectivity index (χ3n) is 3.15. The van der Waals surface area contributed by atoms with E-state index in [1.54, 1.807) is 0 Å². The van der Waals surface area contributed by atoms with Crippen LogP contribution in [0.2, 0.25) is 0 Å². The van der Waals surface area contributed by atoms with E-state index in [0.717, 1.165) is 6.54 Å². The topological polar surface area (TPSA) is 26.0 Å². The van der Waals surface area contributed by atoms with E-state index in [2.05, 4.69) is 32.0 Å². The van der Waals surface area contributed by atoms with Crippen LogP contribution < -0.4 is 5.73 Å². The van der Waals surface area contributed by atoms with Gasteiger partial charge in [-0.05, 0) is 50.8 Å². The van der Waals surface area contributed by atoms with E-state index in [9.17, 15) is 0 Å². The molecule has 0 fully saturated rings. The smallest absolute Gasteiger partial charge is 0.00773 e. The first-order chi connectivity index (χ1) is 7.74. The lowest BCUT2D eigenvalue weighted by atomic mass is 10.00. The van der Waals surface area contributed by atoms with Crippen molar-refractivity contribution in [2.75, 3.05) is 6.54 Å². The van der Waals surface area contributed by atoms with Crippen LogP contribution >= 0.6 is 0 Å². The second-order valence-corrected chi connectivity index (χ2v) is 4.74. The van der Waals surface area contributed by atoms with Gasteiger partial charge in [-0.3, -0.25) is 0 Å². The van der Waals surface area contributed by atoms with E-state index >= 15 is 0 Å². The Labute approximate surface area is 100 Å². The van der Waals surface area contributed by atoms with Gasteiger partial charge in [0, 0.05) is 0 Å². The predicted octanol–water partition coefficient (Wildman–Crippen LogP) is 3.76. The summed E-state index contributed by atoms with van der Waals surface area (Å²) in [4.78, 5) is 0. The van der Waals surface area contributed by atoms with E-state index in [-0.39, 0.29) is 0 Å². The number of hydrogen-bond donors (Lipinski definition) is 1. The van der Waals surface area contributed by atoms with Gasteiger partial charge >= 0.3 is 0 Å². The van der Waals surface area contributed by atoms with Gasteiger partial charge in [0.15, 0.2) is 0 Å². The summed E-state index contributed by atoms with van der Waals surface area (Å²) in [6.45, 7) is 5.22. The van der Waals surface area contributed by atoms with Crippen LogP contribution in [0.1, 0.15) is 48.8 Å². The molecule has 0 atom stereocenters. The van der Waals surface area contributed by atoms with Crippen molar-refractivity contribution >= 4 is 0 Å². The van der Waals surface area contributed by atoms with E-state index < -0.39 is 0 Å². The summed E-state index contributed by atoms with van der Waals surface area (Å²) >= 11 is 0. The lowest BCUT2D eigenvalue weighted by molar-refractivity contribution is 0.617. The third kappa shape index (κ3) is 4.80. The summed E-state index contributed by atoms with van der Waals surface area (Å²) < 4.78 is 0. The van der Waals surface area contributed by atoms with Crippen LogP contribution in [0.15, 0.2) is 18.2 Å². The fourth-order valence-corrected chi connectivity index (χ4v) is 2.12. The minimum atomic E-state index is 0.844. The molecule has 0 saturated heterocycles. The minimum absolute atomic E-state index is 0.844. The average Bonchev–Trinajstić information content (AvgIpc) is 2.26. The van der Waals surface area contributed by atoms with E-state index in [1.807, 2.05) is 0 Å². The van der Waals surface area contributed by atoms with Crippen LogP contribution in [0.25, 0.3) is 0 Å². The monoisotopic (exact) mass is 219 g/mol. The molecule has 0 radical (unpaired) electrons. The van der Waals surface area contributed by atoms with Crippen LogP contribution in [-0.4, -0.2) is 6.54 Å². The molecule has 16 heavy (non-hydrogen) atoms. The lowest BCUT2D eigenvalue weighted by Crippen LogP contribution is -1.97. The van der Waals surface area contributed by atoms with E-state index in [0.29, 0.717) is 0 Å². The predicted molar refractivity (Wildman–Crippen MR) is 71.8 cm³/mol. The summed E-state index contributed by atoms with van der Waals surface area (Å²) in [5.41, 5.74) is 9.80. The zero-order valence-electron chi connectivity index (χ0n) is 10.8. The highest BCUT2D eigenvalue weighted by Gasteiger charge is 1.98. The molecule has 0 amide bonds. The zero-order valence-corrected chi connectivity index (χ0v) is 10.8. The Morgan fingerprint density at radius 2 is 1.62 bits per heavy atom. The second-order valence-electron chi connectivity index (χ2n) is 4.74. The molecule has 1 aromatic rings. The van der Waals surface area contributed by atoms with Gasteiger partial charge in [0.2, 0.25) is 0 Å². The van der Waals surface area contributed by atoms with Gasteiger partial charge in [-0.15, -0.1) is 0 Å². The number of nitrogens with two attached hydrogens (primary N) is 1. The van der Waals surface area contributed by atoms with Crippen LogP contribution in [0.4, 0.5) is 0 Å². The van der Waals surface area contributed by atoms with Gasteiger partial charge in [-0.2, -0.15) is 0 Å². The molecule has 90 valence electrons. The van der Waals surface area contributed by atoms with Crippen molar-refractivity contribution in [2.45, 2.75) is 52.4 Å². The number of aryl methyl sites for hydroxylation is 3. The summed E-state index contributed by atoms with van der Waals surface area (Å²) in [5, 5.41) is 0. The van der Waals surface area contributed by atoms with Crippen LogP contribution in [-0.2, 0) is 6.42 Å². The van der Waals surface area contributed by atoms with Crippen molar-refractivity contribution < 1.29 is 0 Å². The van der Waals surface area contributed by atoms with Gasteiger partial charge < -0.3 is 5.73 Å². The fraction of sp³-hybridized carbons (Fsp3) is 0.600. The van der Waals surface area contributed by atoms with Crippen LogP contribution in [0.5, 0.6) is 0 Å². The Kier molecular flexibility index (Phi) is 6.17. The first-order valence-corrected chi connectivity index (χ1v) is 6.50. The SMILES string of the molecule is Cc1ccc(CCCCCCCN)c(C)c1. The maximum absolute atomic E-state index is 5.47. The molecule has 0 aliphatic heterocycles. The normalized spacial score (nSPS) is 10.7. The number of benzene rings is 1. The fourth-order valence-electron chi connectivity index (χ4n) is 2.12. The van der Waals surface area contributed by atoms with Crippen molar-refractivity contribution in [2.24, 2.45) is 5.73 Å². The van der Waals surface area contributed by atoms with Gasteiger partial charge in [0.1, 0.15) is 0 Å². The molecule has 0 aromatic heterocycles. The lowest BCUT2D eigenvalue weighted by Gasteiger charge is -2.06. The highest BCUT2D eigenvalue weighted by molar-refractivity contribution is 5.30. The molecule has 1 heteroatoms. The Bertz CT molecular complexity index is 304. The summed E-state index contributed by atoms with van der Waals surface area (Å²) in [7, 11) is 0. The van der Waals surface area contributed by atoms with Crippen molar-refractivity contribution in [1.29, 1.82) is 0 Å². The molecule has 0 bridgehead atoms. The highest BCUT2D eigenvalue weighted by Crippen LogP contribution is 2.14. The molecule has 1 nitrogen and oxygen atoms in total. The first kappa shape index (κ1) is 13.2. The summed E-state index contributed by atoms with van der Waals surface area (Å²) in [6.07, 6.45) is 7.70. The molecule has 1 aromatic carbocycles. The number of hydrogen-bond acceptors (Lipinski definition) is 1. The first-order valence-electron chi connectivity index (χ1n) is 6.50. The summed E-state index contributed by atoms with van der Waals surface area (Å²) in [6, 6.07) is 6.78. The van der Waals surface area contributed by atoms with Crippen molar-refractivity contribution in [3.63, 3.8) is 0 Å². The Morgan fingerprint density at radius 1 is 0.938 bits per heavy atom. The summed E-state index contributed by atoms with van der Waals surface area (Å²) in [5.74, 6) is 0. The molecule has 2 N–H and O–H groups in total. The van der Waals surface area contributed by atoms with Crippen molar-refractivity contribution in [3.05, 3.63) is 34.9 Å².